The molecule has 3 heterocycles. The van der Waals surface area contributed by atoms with Crippen LogP contribution >= 0.6 is 11.3 Å². The number of carbonyl (C=O) groups excluding carboxylic acids is 3. The minimum absolute atomic E-state index is 0.0595. The summed E-state index contributed by atoms with van der Waals surface area (Å²) < 4.78 is 20.0. The monoisotopic (exact) mass is 560 g/mol. The third kappa shape index (κ3) is 5.70. The lowest BCUT2D eigenvalue weighted by atomic mass is 9.98. The van der Waals surface area contributed by atoms with Crippen molar-refractivity contribution in [2.75, 3.05) is 13.1 Å². The van der Waals surface area contributed by atoms with Crippen LogP contribution in [0.15, 0.2) is 42.5 Å². The zero-order valence-corrected chi connectivity index (χ0v) is 23.3. The molecule has 2 N–H and O–H groups in total. The zero-order valence-electron chi connectivity index (χ0n) is 22.5. The zero-order chi connectivity index (χ0) is 28.6. The summed E-state index contributed by atoms with van der Waals surface area (Å²) in [6.45, 7) is 6.70. The maximum Gasteiger partial charge on any atom is 0.407 e. The van der Waals surface area contributed by atoms with Crippen molar-refractivity contribution in [1.82, 2.24) is 15.5 Å². The van der Waals surface area contributed by atoms with Crippen molar-refractivity contribution in [2.45, 2.75) is 51.8 Å². The highest BCUT2D eigenvalue weighted by molar-refractivity contribution is 7.18. The predicted octanol–water partition coefficient (Wildman–Crippen LogP) is 5.47. The number of fused-ring (bicyclic) bond motifs is 1. The fourth-order valence-corrected chi connectivity index (χ4v) is 6.13. The van der Waals surface area contributed by atoms with Crippen LogP contribution in [0.25, 0.3) is 21.6 Å². The Morgan fingerprint density at radius 1 is 1.15 bits per heavy atom. The number of thiophene rings is 1. The number of benzene rings is 2. The molecular formula is C30H29FN4O4S. The molecule has 0 spiro atoms. The second kappa shape index (κ2) is 10.7. The topological polar surface area (TPSA) is 112 Å². The smallest absolute Gasteiger partial charge is 0.407 e. The fourth-order valence-electron chi connectivity index (χ4n) is 4.98. The first-order valence-corrected chi connectivity index (χ1v) is 13.9. The Morgan fingerprint density at radius 2 is 1.93 bits per heavy atom. The Morgan fingerprint density at radius 3 is 2.65 bits per heavy atom. The van der Waals surface area contributed by atoms with Crippen LogP contribution in [-0.2, 0) is 11.3 Å². The number of piperidine rings is 1. The van der Waals surface area contributed by atoms with Crippen molar-refractivity contribution in [3.63, 3.8) is 0 Å². The molecule has 40 heavy (non-hydrogen) atoms. The van der Waals surface area contributed by atoms with E-state index in [0.29, 0.717) is 41.2 Å². The molecule has 2 aliphatic heterocycles. The highest BCUT2D eigenvalue weighted by Crippen LogP contribution is 2.41. The lowest BCUT2D eigenvalue weighted by Crippen LogP contribution is -2.50. The number of carbonyl (C=O) groups is 3. The molecule has 1 saturated heterocycles. The van der Waals surface area contributed by atoms with E-state index in [1.54, 1.807) is 43.9 Å². The fraction of sp³-hybridized carbons (Fsp3) is 0.333. The molecule has 8 nitrogen and oxygen atoms in total. The number of nitrogens with one attached hydrogen (secondary N) is 2. The molecule has 3 aromatic rings. The van der Waals surface area contributed by atoms with Gasteiger partial charge >= 0.3 is 6.09 Å². The molecule has 2 aromatic carbocycles. The Hall–Kier alpha value is -4.23. The van der Waals surface area contributed by atoms with E-state index in [4.69, 9.17) is 4.74 Å². The summed E-state index contributed by atoms with van der Waals surface area (Å²) in [5.74, 6) is -0.946. The largest absolute Gasteiger partial charge is 0.444 e. The number of nitrogens with zero attached hydrogens (tertiary/aromatic N) is 2. The summed E-state index contributed by atoms with van der Waals surface area (Å²) in [6.07, 6.45) is 0.945. The first-order valence-electron chi connectivity index (χ1n) is 13.1. The summed E-state index contributed by atoms with van der Waals surface area (Å²) in [6, 6.07) is 13.3. The Balaban J connectivity index is 1.46. The Labute approximate surface area is 235 Å². The minimum Gasteiger partial charge on any atom is -0.444 e. The molecule has 0 bridgehead atoms. The van der Waals surface area contributed by atoms with Gasteiger partial charge in [0, 0.05) is 41.7 Å². The maximum atomic E-state index is 14.6. The Bertz CT molecular complexity index is 1550. The second-order valence-corrected chi connectivity index (χ2v) is 12.0. The van der Waals surface area contributed by atoms with Crippen LogP contribution in [0.2, 0.25) is 0 Å². The van der Waals surface area contributed by atoms with Crippen LogP contribution in [-0.4, -0.2) is 47.5 Å². The van der Waals surface area contributed by atoms with Crippen molar-refractivity contribution >= 4 is 29.2 Å². The van der Waals surface area contributed by atoms with Gasteiger partial charge in [0.25, 0.3) is 11.8 Å². The summed E-state index contributed by atoms with van der Waals surface area (Å²) in [4.78, 5) is 41.0. The van der Waals surface area contributed by atoms with Crippen LogP contribution in [0.4, 0.5) is 9.18 Å². The van der Waals surface area contributed by atoms with Gasteiger partial charge < -0.3 is 20.3 Å². The van der Waals surface area contributed by atoms with Gasteiger partial charge in [-0.3, -0.25) is 9.59 Å². The molecule has 1 aromatic heterocycles. The Kier molecular flexibility index (Phi) is 7.34. The molecule has 1 fully saturated rings. The molecule has 2 aliphatic rings. The number of likely N-dealkylation sites (tertiary alicyclic amines) is 1. The molecular weight excluding hydrogens is 531 g/mol. The van der Waals surface area contributed by atoms with Gasteiger partial charge in [-0.2, -0.15) is 5.26 Å². The molecule has 1 atom stereocenters. The van der Waals surface area contributed by atoms with E-state index >= 15 is 0 Å². The predicted molar refractivity (Wildman–Crippen MR) is 149 cm³/mol. The third-order valence-corrected chi connectivity index (χ3v) is 8.00. The first kappa shape index (κ1) is 27.3. The van der Waals surface area contributed by atoms with Crippen molar-refractivity contribution < 1.29 is 23.5 Å². The average molecular weight is 561 g/mol. The van der Waals surface area contributed by atoms with E-state index in [2.05, 4.69) is 10.6 Å². The summed E-state index contributed by atoms with van der Waals surface area (Å²) in [5.41, 5.74) is 2.79. The standard InChI is InChI=1S/C30H29FN4O4S/c1-30(2,3)39-29(38)34-21-5-4-10-35(16-21)28(37)25-13-23(17-6-7-19(14-32)24(31)12-17)26(40-25)18-8-9-22-20(11-18)15-33-27(22)36/h6-9,11-13,21H,4-5,10,15-16H2,1-3H3,(H,33,36)(H,34,38)/t21-/m1/s1. The van der Waals surface area contributed by atoms with Crippen molar-refractivity contribution in [2.24, 2.45) is 0 Å². The lowest BCUT2D eigenvalue weighted by Gasteiger charge is -2.33. The number of nitriles is 1. The number of ether oxygens (including phenoxy) is 1. The molecule has 0 saturated carbocycles. The maximum absolute atomic E-state index is 14.6. The van der Waals surface area contributed by atoms with Gasteiger partial charge in [0.1, 0.15) is 17.5 Å². The van der Waals surface area contributed by atoms with E-state index in [-0.39, 0.29) is 23.4 Å². The lowest BCUT2D eigenvalue weighted by molar-refractivity contribution is 0.0453. The normalized spacial score (nSPS) is 16.6. The molecule has 0 aliphatic carbocycles. The van der Waals surface area contributed by atoms with Crippen molar-refractivity contribution in [3.8, 4) is 27.6 Å². The number of hydrogen-bond acceptors (Lipinski definition) is 6. The van der Waals surface area contributed by atoms with Crippen LogP contribution in [0, 0.1) is 17.1 Å². The molecule has 0 unspecified atom stereocenters. The van der Waals surface area contributed by atoms with Gasteiger partial charge in [0.05, 0.1) is 10.4 Å². The van der Waals surface area contributed by atoms with Crippen LogP contribution in [0.1, 0.15) is 64.8 Å². The highest BCUT2D eigenvalue weighted by Gasteiger charge is 2.29. The number of amides is 3. The quantitative estimate of drug-likeness (QED) is 0.440. The highest BCUT2D eigenvalue weighted by atomic mass is 32.1. The summed E-state index contributed by atoms with van der Waals surface area (Å²) >= 11 is 1.30. The summed E-state index contributed by atoms with van der Waals surface area (Å²) in [7, 11) is 0. The third-order valence-electron chi connectivity index (χ3n) is 6.82. The number of alkyl carbamates (subject to hydrolysis) is 1. The summed E-state index contributed by atoms with van der Waals surface area (Å²) in [5, 5.41) is 14.9. The van der Waals surface area contributed by atoms with Crippen LogP contribution in [0.5, 0.6) is 0 Å². The van der Waals surface area contributed by atoms with Gasteiger partial charge in [0.15, 0.2) is 0 Å². The number of halogens is 1. The van der Waals surface area contributed by atoms with Crippen LogP contribution < -0.4 is 10.6 Å². The number of rotatable bonds is 4. The first-order chi connectivity index (χ1) is 19.0. The van der Waals surface area contributed by atoms with Crippen molar-refractivity contribution in [1.29, 1.82) is 5.26 Å². The molecule has 10 heteroatoms. The van der Waals surface area contributed by atoms with E-state index < -0.39 is 17.5 Å². The van der Waals surface area contributed by atoms with Gasteiger partial charge in [-0.25, -0.2) is 9.18 Å². The van der Waals surface area contributed by atoms with Crippen LogP contribution in [0.3, 0.4) is 0 Å². The SMILES string of the molecule is CC(C)(C)OC(=O)N[C@@H]1CCCN(C(=O)c2cc(-c3ccc(C#N)c(F)c3)c(-c3ccc4c(c3)CNC4=O)s2)C1. The average Bonchev–Trinajstić information content (AvgIpc) is 3.51. The van der Waals surface area contributed by atoms with Crippen molar-refractivity contribution in [3.05, 3.63) is 69.8 Å². The van der Waals surface area contributed by atoms with E-state index in [0.717, 1.165) is 28.8 Å². The van der Waals surface area contributed by atoms with Gasteiger partial charge in [0.2, 0.25) is 0 Å². The van der Waals surface area contributed by atoms with Gasteiger partial charge in [-0.1, -0.05) is 12.1 Å². The second-order valence-electron chi connectivity index (χ2n) is 11.0. The number of hydrogen-bond donors (Lipinski definition) is 2. The van der Waals surface area contributed by atoms with Gasteiger partial charge in [-0.05, 0) is 80.6 Å². The molecule has 3 amide bonds. The molecule has 206 valence electrons. The molecule has 0 radical (unpaired) electrons. The van der Waals surface area contributed by atoms with E-state index in [1.807, 2.05) is 18.2 Å². The molecule has 5 rings (SSSR count). The van der Waals surface area contributed by atoms with E-state index in [9.17, 15) is 24.0 Å². The minimum atomic E-state index is -0.638. The van der Waals surface area contributed by atoms with Gasteiger partial charge in [-0.15, -0.1) is 11.3 Å². The van der Waals surface area contributed by atoms with E-state index in [1.165, 1.54) is 23.5 Å².